The quantitative estimate of drug-likeness (QED) is 0.767. The first kappa shape index (κ1) is 20.4. The lowest BCUT2D eigenvalue weighted by molar-refractivity contribution is -0.123. The molecule has 8 heteroatoms. The molecule has 2 aliphatic heterocycles. The van der Waals surface area contributed by atoms with Gasteiger partial charge in [-0.1, -0.05) is 0 Å². The molecular weight excluding hydrogens is 365 g/mol. The number of ether oxygens (including phenoxy) is 2. The molecule has 7 nitrogen and oxygen atoms in total. The van der Waals surface area contributed by atoms with Crippen molar-refractivity contribution in [1.82, 2.24) is 15.5 Å². The van der Waals surface area contributed by atoms with E-state index in [0.717, 1.165) is 32.2 Å². The van der Waals surface area contributed by atoms with Gasteiger partial charge in [0, 0.05) is 25.7 Å². The summed E-state index contributed by atoms with van der Waals surface area (Å²) in [5.74, 6) is -0.260. The number of hydrogen-bond acceptors (Lipinski definition) is 5. The predicted octanol–water partition coefficient (Wildman–Crippen LogP) is 1.56. The lowest BCUT2D eigenvalue weighted by Crippen LogP contribution is -2.46. The molecule has 2 saturated heterocycles. The minimum Gasteiger partial charge on any atom is -0.493 e. The van der Waals surface area contributed by atoms with Crippen molar-refractivity contribution in [3.05, 3.63) is 23.5 Å². The molecule has 1 aromatic rings. The third-order valence-corrected chi connectivity index (χ3v) is 5.45. The number of nitrogens with one attached hydrogen (secondary N) is 2. The number of hydrogen-bond donors (Lipinski definition) is 2. The molecule has 0 aromatic heterocycles. The summed E-state index contributed by atoms with van der Waals surface area (Å²) in [5.41, 5.74) is -0.0301. The number of benzene rings is 1. The molecule has 0 bridgehead atoms. The van der Waals surface area contributed by atoms with Crippen molar-refractivity contribution >= 4 is 11.8 Å². The zero-order chi connectivity index (χ0) is 20.1. The minimum absolute atomic E-state index is 0.0203. The molecule has 2 amide bonds. The van der Waals surface area contributed by atoms with Crippen LogP contribution in [0.25, 0.3) is 0 Å². The first-order valence-corrected chi connectivity index (χ1v) is 9.75. The summed E-state index contributed by atoms with van der Waals surface area (Å²) < 4.78 is 24.7. The van der Waals surface area contributed by atoms with E-state index in [1.54, 1.807) is 4.90 Å². The normalized spacial score (nSPS) is 22.0. The molecule has 3 rings (SSSR count). The van der Waals surface area contributed by atoms with Gasteiger partial charge in [0.1, 0.15) is 5.82 Å². The zero-order valence-corrected chi connectivity index (χ0v) is 16.4. The topological polar surface area (TPSA) is 79.9 Å². The van der Waals surface area contributed by atoms with Crippen LogP contribution in [0, 0.1) is 11.7 Å². The van der Waals surface area contributed by atoms with E-state index >= 15 is 0 Å². The van der Waals surface area contributed by atoms with Gasteiger partial charge in [-0.25, -0.2) is 4.39 Å². The molecular formula is C20H28FN3O4. The zero-order valence-electron chi connectivity index (χ0n) is 16.4. The summed E-state index contributed by atoms with van der Waals surface area (Å²) in [6, 6.07) is 2.44. The lowest BCUT2D eigenvalue weighted by atomic mass is 9.97. The minimum atomic E-state index is -0.634. The highest BCUT2D eigenvalue weighted by molar-refractivity contribution is 5.95. The average Bonchev–Trinajstić information content (AvgIpc) is 3.26. The number of carbonyl (C=O) groups excluding carboxylic acids is 2. The van der Waals surface area contributed by atoms with E-state index in [1.807, 2.05) is 0 Å². The van der Waals surface area contributed by atoms with Crippen molar-refractivity contribution in [2.75, 3.05) is 40.4 Å². The summed E-state index contributed by atoms with van der Waals surface area (Å²) in [6.45, 7) is 2.46. The van der Waals surface area contributed by atoms with E-state index in [1.165, 1.54) is 26.4 Å². The Kier molecular flexibility index (Phi) is 6.72. The highest BCUT2D eigenvalue weighted by Crippen LogP contribution is 2.31. The van der Waals surface area contributed by atoms with Gasteiger partial charge < -0.3 is 25.0 Å². The molecule has 28 heavy (non-hydrogen) atoms. The van der Waals surface area contributed by atoms with Gasteiger partial charge in [-0.15, -0.1) is 0 Å². The molecule has 0 spiro atoms. The van der Waals surface area contributed by atoms with E-state index in [0.29, 0.717) is 25.4 Å². The number of nitrogens with zero attached hydrogens (tertiary/aromatic N) is 1. The van der Waals surface area contributed by atoms with Crippen LogP contribution in [0.15, 0.2) is 12.1 Å². The summed E-state index contributed by atoms with van der Waals surface area (Å²) in [4.78, 5) is 26.7. The highest BCUT2D eigenvalue weighted by Gasteiger charge is 2.28. The van der Waals surface area contributed by atoms with Crippen LogP contribution < -0.4 is 20.1 Å². The first-order chi connectivity index (χ1) is 13.5. The van der Waals surface area contributed by atoms with Crippen molar-refractivity contribution in [3.8, 4) is 11.5 Å². The Hall–Kier alpha value is -2.35. The maximum Gasteiger partial charge on any atom is 0.256 e. The van der Waals surface area contributed by atoms with Crippen molar-refractivity contribution in [2.24, 2.45) is 5.92 Å². The molecule has 2 N–H and O–H groups in total. The number of rotatable bonds is 6. The number of methoxy groups -OCH3 is 2. The van der Waals surface area contributed by atoms with Gasteiger partial charge in [0.2, 0.25) is 5.91 Å². The summed E-state index contributed by atoms with van der Waals surface area (Å²) >= 11 is 0. The Bertz CT molecular complexity index is 722. The van der Waals surface area contributed by atoms with Gasteiger partial charge in [-0.3, -0.25) is 9.59 Å². The fourth-order valence-corrected chi connectivity index (χ4v) is 3.88. The monoisotopic (exact) mass is 393 g/mol. The van der Waals surface area contributed by atoms with Gasteiger partial charge in [0.15, 0.2) is 11.5 Å². The van der Waals surface area contributed by atoms with Crippen LogP contribution in [0.2, 0.25) is 0 Å². The summed E-state index contributed by atoms with van der Waals surface area (Å²) in [5, 5.41) is 6.17. The van der Waals surface area contributed by atoms with Crippen LogP contribution in [0.5, 0.6) is 11.5 Å². The molecule has 1 aromatic carbocycles. The number of halogens is 1. The van der Waals surface area contributed by atoms with Gasteiger partial charge in [0.05, 0.1) is 25.8 Å². The van der Waals surface area contributed by atoms with Gasteiger partial charge in [0.25, 0.3) is 5.91 Å². The Morgan fingerprint density at radius 1 is 1.21 bits per heavy atom. The number of carbonyl (C=O) groups is 2. The standard InChI is InChI=1S/C20H28FN3O4/c1-27-17-9-14(15(21)10-18(17)28-2)20(26)24-8-4-5-13(12-24)11-23-19(25)16-6-3-7-22-16/h9-10,13,16,22H,3-8,11-12H2,1-2H3,(H,23,25). The molecule has 0 radical (unpaired) electrons. The van der Waals surface area contributed by atoms with Crippen LogP contribution >= 0.6 is 0 Å². The SMILES string of the molecule is COc1cc(F)c(C(=O)N2CCCC(CNC(=O)C3CCCN3)C2)cc1OC. The van der Waals surface area contributed by atoms with Crippen LogP contribution in [0.1, 0.15) is 36.0 Å². The van der Waals surface area contributed by atoms with Crippen molar-refractivity contribution in [3.63, 3.8) is 0 Å². The Balaban J connectivity index is 1.62. The third kappa shape index (κ3) is 4.55. The van der Waals surface area contributed by atoms with Crippen molar-refractivity contribution in [1.29, 1.82) is 0 Å². The number of likely N-dealkylation sites (tertiary alicyclic amines) is 1. The van der Waals surface area contributed by atoms with Gasteiger partial charge in [-0.2, -0.15) is 0 Å². The Morgan fingerprint density at radius 2 is 1.96 bits per heavy atom. The van der Waals surface area contributed by atoms with E-state index in [9.17, 15) is 14.0 Å². The molecule has 0 saturated carbocycles. The van der Waals surface area contributed by atoms with Gasteiger partial charge >= 0.3 is 0 Å². The maximum absolute atomic E-state index is 14.4. The maximum atomic E-state index is 14.4. The largest absolute Gasteiger partial charge is 0.493 e. The molecule has 154 valence electrons. The smallest absolute Gasteiger partial charge is 0.256 e. The fraction of sp³-hybridized carbons (Fsp3) is 0.600. The summed E-state index contributed by atoms with van der Waals surface area (Å²) in [6.07, 6.45) is 3.62. The predicted molar refractivity (Wildman–Crippen MR) is 102 cm³/mol. The summed E-state index contributed by atoms with van der Waals surface area (Å²) in [7, 11) is 2.87. The van der Waals surface area contributed by atoms with E-state index in [-0.39, 0.29) is 35.1 Å². The van der Waals surface area contributed by atoms with Gasteiger partial charge in [-0.05, 0) is 44.2 Å². The molecule has 0 aliphatic carbocycles. The second kappa shape index (κ2) is 9.23. The molecule has 2 fully saturated rings. The highest BCUT2D eigenvalue weighted by atomic mass is 19.1. The Morgan fingerprint density at radius 3 is 2.64 bits per heavy atom. The van der Waals surface area contributed by atoms with E-state index in [2.05, 4.69) is 10.6 Å². The molecule has 2 atom stereocenters. The molecule has 2 aliphatic rings. The first-order valence-electron chi connectivity index (χ1n) is 9.75. The van der Waals surface area contributed by atoms with E-state index in [4.69, 9.17) is 9.47 Å². The average molecular weight is 393 g/mol. The van der Waals surface area contributed by atoms with Crippen LogP contribution in [-0.2, 0) is 4.79 Å². The third-order valence-electron chi connectivity index (χ3n) is 5.45. The molecule has 2 unspecified atom stereocenters. The second-order valence-corrected chi connectivity index (χ2v) is 7.34. The Labute approximate surface area is 164 Å². The fourth-order valence-electron chi connectivity index (χ4n) is 3.88. The lowest BCUT2D eigenvalue weighted by Gasteiger charge is -2.33. The van der Waals surface area contributed by atoms with Crippen molar-refractivity contribution in [2.45, 2.75) is 31.7 Å². The number of amides is 2. The number of piperidine rings is 1. The van der Waals surface area contributed by atoms with Crippen LogP contribution in [0.3, 0.4) is 0 Å². The molecule has 2 heterocycles. The van der Waals surface area contributed by atoms with Crippen molar-refractivity contribution < 1.29 is 23.5 Å². The van der Waals surface area contributed by atoms with Crippen LogP contribution in [0.4, 0.5) is 4.39 Å². The van der Waals surface area contributed by atoms with E-state index < -0.39 is 5.82 Å². The second-order valence-electron chi connectivity index (χ2n) is 7.34. The van der Waals surface area contributed by atoms with Crippen LogP contribution in [-0.4, -0.2) is 63.2 Å².